The van der Waals surface area contributed by atoms with Crippen LogP contribution in [0.2, 0.25) is 0 Å². The molecule has 0 amide bonds. The zero-order valence-corrected chi connectivity index (χ0v) is 12.7. The van der Waals surface area contributed by atoms with Gasteiger partial charge in [-0.3, -0.25) is 0 Å². The molecular formula is C19H24O2. The van der Waals surface area contributed by atoms with Crippen molar-refractivity contribution in [3.8, 4) is 5.75 Å². The number of methoxy groups -OCH3 is 1. The summed E-state index contributed by atoms with van der Waals surface area (Å²) >= 11 is 0. The Morgan fingerprint density at radius 2 is 1.62 bits per heavy atom. The van der Waals surface area contributed by atoms with Gasteiger partial charge in [-0.1, -0.05) is 56.0 Å². The van der Waals surface area contributed by atoms with Crippen molar-refractivity contribution >= 4 is 10.8 Å². The maximum Gasteiger partial charge on any atom is 0.126 e. The van der Waals surface area contributed by atoms with Crippen molar-refractivity contribution in [2.75, 3.05) is 7.11 Å². The predicted octanol–water partition coefficient (Wildman–Crippen LogP) is 4.85. The maximum absolute atomic E-state index is 10.9. The summed E-state index contributed by atoms with van der Waals surface area (Å²) in [5.41, 5.74) is 1.05. The van der Waals surface area contributed by atoms with Gasteiger partial charge in [0.15, 0.2) is 0 Å². The first-order valence-electron chi connectivity index (χ1n) is 8.05. The number of aliphatic hydroxyl groups excluding tert-OH is 1. The van der Waals surface area contributed by atoms with Gasteiger partial charge in [-0.25, -0.2) is 0 Å². The maximum atomic E-state index is 10.9. The van der Waals surface area contributed by atoms with Crippen LogP contribution in [-0.4, -0.2) is 12.2 Å². The lowest BCUT2D eigenvalue weighted by atomic mass is 9.87. The molecule has 0 aromatic heterocycles. The molecule has 1 atom stereocenters. The summed E-state index contributed by atoms with van der Waals surface area (Å²) in [6.07, 6.45) is 7.03. The Morgan fingerprint density at radius 1 is 0.952 bits per heavy atom. The van der Waals surface area contributed by atoms with Crippen LogP contribution in [0.3, 0.4) is 0 Å². The highest BCUT2D eigenvalue weighted by Crippen LogP contribution is 2.38. The highest BCUT2D eigenvalue weighted by Gasteiger charge is 2.24. The molecule has 1 saturated carbocycles. The molecule has 0 bridgehead atoms. The minimum absolute atomic E-state index is 0.362. The molecule has 1 unspecified atom stereocenters. The van der Waals surface area contributed by atoms with E-state index in [-0.39, 0.29) is 6.10 Å². The van der Waals surface area contributed by atoms with Crippen LogP contribution < -0.4 is 4.74 Å². The average molecular weight is 284 g/mol. The molecular weight excluding hydrogens is 260 g/mol. The van der Waals surface area contributed by atoms with Gasteiger partial charge < -0.3 is 9.84 Å². The van der Waals surface area contributed by atoms with Gasteiger partial charge in [0.05, 0.1) is 13.2 Å². The van der Waals surface area contributed by atoms with Crippen LogP contribution in [0.25, 0.3) is 10.8 Å². The first-order valence-corrected chi connectivity index (χ1v) is 8.05. The topological polar surface area (TPSA) is 29.5 Å². The molecule has 112 valence electrons. The van der Waals surface area contributed by atoms with Crippen molar-refractivity contribution in [1.82, 2.24) is 0 Å². The number of fused-ring (bicyclic) bond motifs is 1. The smallest absolute Gasteiger partial charge is 0.126 e. The Bertz CT molecular complexity index is 598. The van der Waals surface area contributed by atoms with E-state index in [1.165, 1.54) is 25.7 Å². The molecule has 2 nitrogen and oxygen atoms in total. The van der Waals surface area contributed by atoms with Crippen LogP contribution in [0, 0.1) is 5.92 Å². The molecule has 2 aromatic rings. The van der Waals surface area contributed by atoms with Gasteiger partial charge in [-0.05, 0) is 35.8 Å². The quantitative estimate of drug-likeness (QED) is 0.816. The second kappa shape index (κ2) is 6.48. The molecule has 1 aliphatic rings. The van der Waals surface area contributed by atoms with Gasteiger partial charge in [0.2, 0.25) is 0 Å². The van der Waals surface area contributed by atoms with Crippen molar-refractivity contribution in [3.05, 3.63) is 42.0 Å². The minimum atomic E-state index is -0.362. The van der Waals surface area contributed by atoms with E-state index < -0.39 is 0 Å². The zero-order chi connectivity index (χ0) is 14.7. The number of ether oxygens (including phenoxy) is 1. The summed E-state index contributed by atoms with van der Waals surface area (Å²) in [5, 5.41) is 13.1. The van der Waals surface area contributed by atoms with E-state index in [2.05, 4.69) is 12.1 Å². The summed E-state index contributed by atoms with van der Waals surface area (Å²) in [6.45, 7) is 0. The van der Waals surface area contributed by atoms with E-state index in [1.807, 2.05) is 24.3 Å². The fourth-order valence-corrected chi connectivity index (χ4v) is 3.61. The largest absolute Gasteiger partial charge is 0.496 e. The highest BCUT2D eigenvalue weighted by atomic mass is 16.5. The predicted molar refractivity (Wildman–Crippen MR) is 86.7 cm³/mol. The van der Waals surface area contributed by atoms with Gasteiger partial charge in [-0.15, -0.1) is 0 Å². The number of hydrogen-bond donors (Lipinski definition) is 1. The average Bonchev–Trinajstić information content (AvgIpc) is 2.82. The lowest BCUT2D eigenvalue weighted by molar-refractivity contribution is 0.100. The molecule has 0 aliphatic heterocycles. The summed E-state index contributed by atoms with van der Waals surface area (Å²) in [6, 6.07) is 12.2. The summed E-state index contributed by atoms with van der Waals surface area (Å²) < 4.78 is 5.45. The van der Waals surface area contributed by atoms with Crippen LogP contribution in [0.15, 0.2) is 36.4 Å². The molecule has 1 aliphatic carbocycles. The van der Waals surface area contributed by atoms with Crippen LogP contribution in [0.1, 0.15) is 50.2 Å². The van der Waals surface area contributed by atoms with E-state index >= 15 is 0 Å². The van der Waals surface area contributed by atoms with E-state index in [4.69, 9.17) is 4.74 Å². The fourth-order valence-electron chi connectivity index (χ4n) is 3.61. The lowest BCUT2D eigenvalue weighted by Gasteiger charge is -2.23. The Kier molecular flexibility index (Phi) is 4.45. The number of hydrogen-bond acceptors (Lipinski definition) is 2. The van der Waals surface area contributed by atoms with Gasteiger partial charge in [-0.2, -0.15) is 0 Å². The molecule has 0 spiro atoms. The van der Waals surface area contributed by atoms with Crippen molar-refractivity contribution < 1.29 is 9.84 Å². The van der Waals surface area contributed by atoms with Crippen molar-refractivity contribution in [3.63, 3.8) is 0 Å². The molecule has 0 heterocycles. The van der Waals surface area contributed by atoms with Gasteiger partial charge in [0, 0.05) is 5.39 Å². The van der Waals surface area contributed by atoms with E-state index in [0.29, 0.717) is 5.92 Å². The minimum Gasteiger partial charge on any atom is -0.496 e. The Balaban J connectivity index is 1.99. The van der Waals surface area contributed by atoms with Crippen LogP contribution in [-0.2, 0) is 0 Å². The van der Waals surface area contributed by atoms with Crippen molar-refractivity contribution in [1.29, 1.82) is 0 Å². The Morgan fingerprint density at radius 3 is 2.29 bits per heavy atom. The SMILES string of the molecule is COc1ccc(C(O)C2CCCCCC2)c2ccccc12. The molecule has 0 saturated heterocycles. The molecule has 2 aromatic carbocycles. The van der Waals surface area contributed by atoms with Crippen LogP contribution in [0.4, 0.5) is 0 Å². The van der Waals surface area contributed by atoms with Crippen LogP contribution in [0.5, 0.6) is 5.75 Å². The first kappa shape index (κ1) is 14.4. The van der Waals surface area contributed by atoms with Crippen molar-refractivity contribution in [2.24, 2.45) is 5.92 Å². The molecule has 1 N–H and O–H groups in total. The third-order valence-electron chi connectivity index (χ3n) is 4.80. The van der Waals surface area contributed by atoms with Crippen LogP contribution >= 0.6 is 0 Å². The van der Waals surface area contributed by atoms with Gasteiger partial charge in [0.1, 0.15) is 5.75 Å². The zero-order valence-electron chi connectivity index (χ0n) is 12.7. The van der Waals surface area contributed by atoms with Crippen molar-refractivity contribution in [2.45, 2.75) is 44.6 Å². The van der Waals surface area contributed by atoms with E-state index in [9.17, 15) is 5.11 Å². The van der Waals surface area contributed by atoms with E-state index in [1.54, 1.807) is 7.11 Å². The summed E-state index contributed by atoms with van der Waals surface area (Å²) in [7, 11) is 1.70. The Labute approximate surface area is 126 Å². The third kappa shape index (κ3) is 2.91. The van der Waals surface area contributed by atoms with E-state index in [0.717, 1.165) is 34.9 Å². The summed E-state index contributed by atoms with van der Waals surface area (Å²) in [5.74, 6) is 1.27. The van der Waals surface area contributed by atoms with Gasteiger partial charge in [0.25, 0.3) is 0 Å². The molecule has 3 rings (SSSR count). The standard InChI is InChI=1S/C19H24O2/c1-21-18-13-12-17(15-10-6-7-11-16(15)18)19(20)14-8-4-2-3-5-9-14/h6-7,10-14,19-20H,2-5,8-9H2,1H3. The normalized spacial score (nSPS) is 18.4. The number of benzene rings is 2. The second-order valence-electron chi connectivity index (χ2n) is 6.10. The molecule has 2 heteroatoms. The fraction of sp³-hybridized carbons (Fsp3) is 0.474. The first-order chi connectivity index (χ1) is 10.3. The summed E-state index contributed by atoms with van der Waals surface area (Å²) in [4.78, 5) is 0. The number of aliphatic hydroxyl groups is 1. The third-order valence-corrected chi connectivity index (χ3v) is 4.80. The van der Waals surface area contributed by atoms with Gasteiger partial charge >= 0.3 is 0 Å². The molecule has 1 fully saturated rings. The monoisotopic (exact) mass is 284 g/mol. The molecule has 21 heavy (non-hydrogen) atoms. The Hall–Kier alpha value is -1.54. The molecule has 0 radical (unpaired) electrons. The second-order valence-corrected chi connectivity index (χ2v) is 6.10. The lowest BCUT2D eigenvalue weighted by Crippen LogP contribution is -2.12. The number of rotatable bonds is 3. The highest BCUT2D eigenvalue weighted by molar-refractivity contribution is 5.91.